The van der Waals surface area contributed by atoms with Crippen molar-refractivity contribution in [1.82, 2.24) is 4.98 Å². The van der Waals surface area contributed by atoms with Gasteiger partial charge < -0.3 is 10.6 Å². The highest BCUT2D eigenvalue weighted by Gasteiger charge is 2.15. The van der Waals surface area contributed by atoms with Gasteiger partial charge in [0.15, 0.2) is 0 Å². The number of carbonyl (C=O) groups excluding carboxylic acids is 1. The van der Waals surface area contributed by atoms with Crippen molar-refractivity contribution in [3.05, 3.63) is 53.3 Å². The van der Waals surface area contributed by atoms with Gasteiger partial charge in [0.1, 0.15) is 5.69 Å². The minimum atomic E-state index is -0.178. The highest BCUT2D eigenvalue weighted by atomic mass is 16.1. The molecular formula is C20H27N3O. The van der Waals surface area contributed by atoms with Crippen LogP contribution in [0.15, 0.2) is 36.5 Å². The Hall–Kier alpha value is -2.36. The third-order valence-electron chi connectivity index (χ3n) is 3.75. The molecular weight excluding hydrogens is 298 g/mol. The third kappa shape index (κ3) is 4.57. The first-order chi connectivity index (χ1) is 11.3. The monoisotopic (exact) mass is 325 g/mol. The number of nitrogens with one attached hydrogen (secondary N) is 2. The standard InChI is InChI=1S/C20H27N3O/c1-6-14-9-8-10-15(7-2)18(14)22-19(24)17-13-16(11-12-21-17)23-20(3,4)5/h8-13H,6-7H2,1-5H3,(H,21,23)(H,22,24). The number of hydrogen-bond acceptors (Lipinski definition) is 3. The second kappa shape index (κ2) is 7.47. The number of rotatable bonds is 5. The molecule has 0 bridgehead atoms. The molecule has 0 aliphatic carbocycles. The highest BCUT2D eigenvalue weighted by molar-refractivity contribution is 6.04. The number of aromatic nitrogens is 1. The zero-order chi connectivity index (χ0) is 17.7. The first kappa shape index (κ1) is 18.0. The Kier molecular flexibility index (Phi) is 5.60. The summed E-state index contributed by atoms with van der Waals surface area (Å²) in [5.74, 6) is -0.178. The Morgan fingerprint density at radius 2 is 1.71 bits per heavy atom. The molecule has 0 atom stereocenters. The van der Waals surface area contributed by atoms with E-state index in [-0.39, 0.29) is 11.4 Å². The summed E-state index contributed by atoms with van der Waals surface area (Å²) in [4.78, 5) is 16.9. The number of benzene rings is 1. The molecule has 24 heavy (non-hydrogen) atoms. The Bertz CT molecular complexity index is 695. The van der Waals surface area contributed by atoms with Crippen LogP contribution in [0, 0.1) is 0 Å². The van der Waals surface area contributed by atoms with Gasteiger partial charge in [-0.2, -0.15) is 0 Å². The molecule has 2 N–H and O–H groups in total. The molecule has 0 aliphatic rings. The Balaban J connectivity index is 2.26. The molecule has 0 fully saturated rings. The van der Waals surface area contributed by atoms with Gasteiger partial charge in [-0.05, 0) is 56.9 Å². The Labute approximate surface area is 144 Å². The molecule has 1 aromatic carbocycles. The van der Waals surface area contributed by atoms with E-state index >= 15 is 0 Å². The van der Waals surface area contributed by atoms with Crippen LogP contribution in [0.1, 0.15) is 56.2 Å². The van der Waals surface area contributed by atoms with Crippen LogP contribution in [0.5, 0.6) is 0 Å². The zero-order valence-corrected chi connectivity index (χ0v) is 15.2. The molecule has 0 saturated heterocycles. The average molecular weight is 325 g/mol. The maximum Gasteiger partial charge on any atom is 0.274 e. The summed E-state index contributed by atoms with van der Waals surface area (Å²) >= 11 is 0. The van der Waals surface area contributed by atoms with Gasteiger partial charge in [0.2, 0.25) is 0 Å². The number of para-hydroxylation sites is 1. The molecule has 0 aliphatic heterocycles. The third-order valence-corrected chi connectivity index (χ3v) is 3.75. The van der Waals surface area contributed by atoms with Crippen LogP contribution in [-0.4, -0.2) is 16.4 Å². The molecule has 4 nitrogen and oxygen atoms in total. The van der Waals surface area contributed by atoms with Crippen molar-refractivity contribution >= 4 is 17.3 Å². The normalized spacial score (nSPS) is 11.2. The van der Waals surface area contributed by atoms with Gasteiger partial charge >= 0.3 is 0 Å². The molecule has 4 heteroatoms. The van der Waals surface area contributed by atoms with Crippen LogP contribution < -0.4 is 10.6 Å². The van der Waals surface area contributed by atoms with Crippen LogP contribution in [0.4, 0.5) is 11.4 Å². The van der Waals surface area contributed by atoms with Gasteiger partial charge in [0.05, 0.1) is 0 Å². The van der Waals surface area contributed by atoms with E-state index in [1.807, 2.05) is 12.1 Å². The van der Waals surface area contributed by atoms with Crippen LogP contribution in [0.25, 0.3) is 0 Å². The average Bonchev–Trinajstić information content (AvgIpc) is 2.53. The number of carbonyl (C=O) groups is 1. The number of nitrogens with zero attached hydrogens (tertiary/aromatic N) is 1. The quantitative estimate of drug-likeness (QED) is 0.840. The van der Waals surface area contributed by atoms with E-state index in [0.717, 1.165) is 35.3 Å². The largest absolute Gasteiger partial charge is 0.380 e. The van der Waals surface area contributed by atoms with Crippen molar-refractivity contribution in [1.29, 1.82) is 0 Å². The summed E-state index contributed by atoms with van der Waals surface area (Å²) in [6.07, 6.45) is 3.42. The first-order valence-electron chi connectivity index (χ1n) is 8.50. The number of amides is 1. The fraction of sp³-hybridized carbons (Fsp3) is 0.400. The molecule has 2 rings (SSSR count). The lowest BCUT2D eigenvalue weighted by Gasteiger charge is -2.22. The Morgan fingerprint density at radius 3 is 2.25 bits per heavy atom. The second-order valence-corrected chi connectivity index (χ2v) is 6.92. The van der Waals surface area contributed by atoms with Crippen molar-refractivity contribution in [3.8, 4) is 0 Å². The summed E-state index contributed by atoms with van der Waals surface area (Å²) in [5.41, 5.74) is 4.44. The van der Waals surface area contributed by atoms with Crippen molar-refractivity contribution in [3.63, 3.8) is 0 Å². The summed E-state index contributed by atoms with van der Waals surface area (Å²) < 4.78 is 0. The molecule has 0 saturated carbocycles. The molecule has 0 radical (unpaired) electrons. The number of aryl methyl sites for hydroxylation is 2. The van der Waals surface area contributed by atoms with E-state index in [4.69, 9.17) is 0 Å². The lowest BCUT2D eigenvalue weighted by Crippen LogP contribution is -2.26. The smallest absolute Gasteiger partial charge is 0.274 e. The fourth-order valence-corrected chi connectivity index (χ4v) is 2.65. The lowest BCUT2D eigenvalue weighted by molar-refractivity contribution is 0.102. The topological polar surface area (TPSA) is 54.0 Å². The second-order valence-electron chi connectivity index (χ2n) is 6.92. The summed E-state index contributed by atoms with van der Waals surface area (Å²) in [6, 6.07) is 9.82. The van der Waals surface area contributed by atoms with Gasteiger partial charge in [0, 0.05) is 23.1 Å². The maximum atomic E-state index is 12.7. The molecule has 1 heterocycles. The summed E-state index contributed by atoms with van der Waals surface area (Å²) in [5, 5.41) is 6.42. The highest BCUT2D eigenvalue weighted by Crippen LogP contribution is 2.23. The van der Waals surface area contributed by atoms with E-state index in [1.165, 1.54) is 0 Å². The van der Waals surface area contributed by atoms with Gasteiger partial charge in [-0.15, -0.1) is 0 Å². The molecule has 1 amide bonds. The van der Waals surface area contributed by atoms with Gasteiger partial charge in [-0.1, -0.05) is 32.0 Å². The van der Waals surface area contributed by atoms with E-state index in [2.05, 4.69) is 62.4 Å². The van der Waals surface area contributed by atoms with E-state index in [1.54, 1.807) is 12.3 Å². The molecule has 128 valence electrons. The van der Waals surface area contributed by atoms with Crippen LogP contribution in [0.2, 0.25) is 0 Å². The predicted octanol–water partition coefficient (Wildman–Crippen LogP) is 4.67. The van der Waals surface area contributed by atoms with E-state index < -0.39 is 0 Å². The lowest BCUT2D eigenvalue weighted by atomic mass is 10.0. The van der Waals surface area contributed by atoms with Gasteiger partial charge in [0.25, 0.3) is 5.91 Å². The maximum absolute atomic E-state index is 12.7. The minimum Gasteiger partial charge on any atom is -0.380 e. The SMILES string of the molecule is CCc1cccc(CC)c1NC(=O)c1cc(NC(C)(C)C)ccn1. The number of anilines is 2. The predicted molar refractivity (Wildman–Crippen MR) is 101 cm³/mol. The van der Waals surface area contributed by atoms with Crippen molar-refractivity contribution in [2.75, 3.05) is 10.6 Å². The van der Waals surface area contributed by atoms with E-state index in [0.29, 0.717) is 5.69 Å². The molecule has 0 spiro atoms. The van der Waals surface area contributed by atoms with Crippen LogP contribution in [0.3, 0.4) is 0 Å². The van der Waals surface area contributed by atoms with Gasteiger partial charge in [-0.25, -0.2) is 0 Å². The Morgan fingerprint density at radius 1 is 1.08 bits per heavy atom. The number of pyridine rings is 1. The zero-order valence-electron chi connectivity index (χ0n) is 15.2. The summed E-state index contributed by atoms with van der Waals surface area (Å²) in [6.45, 7) is 10.4. The van der Waals surface area contributed by atoms with Crippen LogP contribution in [-0.2, 0) is 12.8 Å². The molecule has 1 aromatic heterocycles. The summed E-state index contributed by atoms with van der Waals surface area (Å²) in [7, 11) is 0. The number of hydrogen-bond donors (Lipinski definition) is 2. The van der Waals surface area contributed by atoms with Gasteiger partial charge in [-0.3, -0.25) is 9.78 Å². The van der Waals surface area contributed by atoms with Crippen molar-refractivity contribution in [2.24, 2.45) is 0 Å². The molecule has 0 unspecified atom stereocenters. The first-order valence-corrected chi connectivity index (χ1v) is 8.50. The van der Waals surface area contributed by atoms with Crippen molar-refractivity contribution < 1.29 is 4.79 Å². The van der Waals surface area contributed by atoms with Crippen molar-refractivity contribution in [2.45, 2.75) is 53.0 Å². The fourth-order valence-electron chi connectivity index (χ4n) is 2.65. The van der Waals surface area contributed by atoms with Crippen LogP contribution >= 0.6 is 0 Å². The minimum absolute atomic E-state index is 0.0701. The van der Waals surface area contributed by atoms with E-state index in [9.17, 15) is 4.79 Å². The molecule has 2 aromatic rings.